The molecule has 1 saturated heterocycles. The predicted molar refractivity (Wildman–Crippen MR) is 54.9 cm³/mol. The SMILES string of the molecule is C[C@@H]1COCCN1C(=O)CCCCN. The molecule has 0 bridgehead atoms. The molecule has 1 atom stereocenters. The highest BCUT2D eigenvalue weighted by molar-refractivity contribution is 5.76. The molecule has 1 aliphatic heterocycles. The van der Waals surface area contributed by atoms with Gasteiger partial charge < -0.3 is 15.4 Å². The predicted octanol–water partition coefficient (Wildman–Crippen LogP) is 0.363. The van der Waals surface area contributed by atoms with E-state index in [1.807, 2.05) is 11.8 Å². The zero-order valence-corrected chi connectivity index (χ0v) is 8.87. The van der Waals surface area contributed by atoms with E-state index < -0.39 is 0 Å². The largest absolute Gasteiger partial charge is 0.377 e. The van der Waals surface area contributed by atoms with Gasteiger partial charge in [0.15, 0.2) is 0 Å². The van der Waals surface area contributed by atoms with Gasteiger partial charge in [0.05, 0.1) is 19.3 Å². The third-order valence-corrected chi connectivity index (χ3v) is 2.53. The highest BCUT2D eigenvalue weighted by Gasteiger charge is 2.22. The standard InChI is InChI=1S/C10H20N2O2/c1-9-8-14-7-6-12(9)10(13)4-2-3-5-11/h9H,2-8,11H2,1H3/t9-/m1/s1. The fourth-order valence-electron chi connectivity index (χ4n) is 1.66. The van der Waals surface area contributed by atoms with E-state index in [2.05, 4.69) is 0 Å². The van der Waals surface area contributed by atoms with Crippen molar-refractivity contribution < 1.29 is 9.53 Å². The molecular weight excluding hydrogens is 180 g/mol. The molecule has 0 saturated carbocycles. The molecule has 0 aromatic heterocycles. The second kappa shape index (κ2) is 5.98. The van der Waals surface area contributed by atoms with Crippen LogP contribution < -0.4 is 5.73 Å². The first-order valence-electron chi connectivity index (χ1n) is 5.33. The number of unbranched alkanes of at least 4 members (excludes halogenated alkanes) is 1. The Kier molecular flexibility index (Phi) is 4.90. The van der Waals surface area contributed by atoms with Crippen molar-refractivity contribution >= 4 is 5.91 Å². The number of rotatable bonds is 4. The van der Waals surface area contributed by atoms with Crippen LogP contribution >= 0.6 is 0 Å². The zero-order valence-electron chi connectivity index (χ0n) is 8.87. The first-order chi connectivity index (χ1) is 6.75. The van der Waals surface area contributed by atoms with Crippen molar-refractivity contribution in [3.05, 3.63) is 0 Å². The number of nitrogens with zero attached hydrogens (tertiary/aromatic N) is 1. The molecule has 1 rings (SSSR count). The average molecular weight is 200 g/mol. The fraction of sp³-hybridized carbons (Fsp3) is 0.900. The number of amides is 1. The first kappa shape index (κ1) is 11.5. The molecule has 0 unspecified atom stereocenters. The molecule has 14 heavy (non-hydrogen) atoms. The van der Waals surface area contributed by atoms with Gasteiger partial charge >= 0.3 is 0 Å². The molecule has 2 N–H and O–H groups in total. The summed E-state index contributed by atoms with van der Waals surface area (Å²) >= 11 is 0. The van der Waals surface area contributed by atoms with E-state index in [9.17, 15) is 4.79 Å². The highest BCUT2D eigenvalue weighted by atomic mass is 16.5. The molecular formula is C10H20N2O2. The molecule has 1 amide bonds. The molecule has 1 heterocycles. The average Bonchev–Trinajstić information content (AvgIpc) is 2.18. The van der Waals surface area contributed by atoms with Gasteiger partial charge in [-0.1, -0.05) is 0 Å². The molecule has 1 fully saturated rings. The molecule has 82 valence electrons. The van der Waals surface area contributed by atoms with Crippen molar-refractivity contribution in [2.24, 2.45) is 5.73 Å². The van der Waals surface area contributed by atoms with Gasteiger partial charge in [0, 0.05) is 13.0 Å². The van der Waals surface area contributed by atoms with Crippen molar-refractivity contribution in [3.8, 4) is 0 Å². The Morgan fingerprint density at radius 3 is 3.00 bits per heavy atom. The van der Waals surface area contributed by atoms with Gasteiger partial charge in [-0.2, -0.15) is 0 Å². The monoisotopic (exact) mass is 200 g/mol. The van der Waals surface area contributed by atoms with Crippen LogP contribution in [0.2, 0.25) is 0 Å². The van der Waals surface area contributed by atoms with Crippen LogP contribution in [-0.2, 0) is 9.53 Å². The van der Waals surface area contributed by atoms with Crippen LogP contribution in [-0.4, -0.2) is 43.2 Å². The molecule has 4 nitrogen and oxygen atoms in total. The maximum atomic E-state index is 11.7. The lowest BCUT2D eigenvalue weighted by Gasteiger charge is -2.33. The summed E-state index contributed by atoms with van der Waals surface area (Å²) in [6.45, 7) is 4.78. The lowest BCUT2D eigenvalue weighted by molar-refractivity contribution is -0.139. The summed E-state index contributed by atoms with van der Waals surface area (Å²) in [4.78, 5) is 13.6. The van der Waals surface area contributed by atoms with Crippen molar-refractivity contribution in [1.29, 1.82) is 0 Å². The normalized spacial score (nSPS) is 22.4. The van der Waals surface area contributed by atoms with Crippen LogP contribution in [0.15, 0.2) is 0 Å². The van der Waals surface area contributed by atoms with Crippen LogP contribution in [0.25, 0.3) is 0 Å². The van der Waals surface area contributed by atoms with Gasteiger partial charge in [-0.3, -0.25) is 4.79 Å². The van der Waals surface area contributed by atoms with E-state index in [0.717, 1.165) is 19.4 Å². The molecule has 1 aliphatic rings. The molecule has 0 aliphatic carbocycles. The minimum atomic E-state index is 0.231. The number of hydrogen-bond donors (Lipinski definition) is 1. The summed E-state index contributed by atoms with van der Waals surface area (Å²) in [6.07, 6.45) is 2.46. The van der Waals surface area contributed by atoms with E-state index in [0.29, 0.717) is 26.2 Å². The first-order valence-corrected chi connectivity index (χ1v) is 5.33. The van der Waals surface area contributed by atoms with Gasteiger partial charge in [-0.25, -0.2) is 0 Å². The Bertz CT molecular complexity index is 185. The Morgan fingerprint density at radius 2 is 2.36 bits per heavy atom. The molecule has 0 aromatic carbocycles. The van der Waals surface area contributed by atoms with Crippen LogP contribution in [0.4, 0.5) is 0 Å². The molecule has 4 heteroatoms. The van der Waals surface area contributed by atoms with Gasteiger partial charge in [-0.05, 0) is 26.3 Å². The Hall–Kier alpha value is -0.610. The second-order valence-corrected chi connectivity index (χ2v) is 3.76. The van der Waals surface area contributed by atoms with E-state index in [-0.39, 0.29) is 11.9 Å². The highest BCUT2D eigenvalue weighted by Crippen LogP contribution is 2.09. The quantitative estimate of drug-likeness (QED) is 0.667. The van der Waals surface area contributed by atoms with Crippen molar-refractivity contribution in [1.82, 2.24) is 4.90 Å². The van der Waals surface area contributed by atoms with Crippen LogP contribution in [0.3, 0.4) is 0 Å². The lowest BCUT2D eigenvalue weighted by Crippen LogP contribution is -2.47. The minimum absolute atomic E-state index is 0.231. The lowest BCUT2D eigenvalue weighted by atomic mass is 10.2. The van der Waals surface area contributed by atoms with Gasteiger partial charge in [0.2, 0.25) is 5.91 Å². The van der Waals surface area contributed by atoms with Crippen molar-refractivity contribution in [3.63, 3.8) is 0 Å². The summed E-state index contributed by atoms with van der Waals surface area (Å²) in [5.74, 6) is 0.245. The fourth-order valence-corrected chi connectivity index (χ4v) is 1.66. The molecule has 0 spiro atoms. The van der Waals surface area contributed by atoms with Crippen molar-refractivity contribution in [2.45, 2.75) is 32.2 Å². The zero-order chi connectivity index (χ0) is 10.4. The molecule has 0 radical (unpaired) electrons. The topological polar surface area (TPSA) is 55.6 Å². The summed E-state index contributed by atoms with van der Waals surface area (Å²) in [5, 5.41) is 0. The van der Waals surface area contributed by atoms with Crippen LogP contribution in [0, 0.1) is 0 Å². The van der Waals surface area contributed by atoms with Gasteiger partial charge in [0.1, 0.15) is 0 Å². The Balaban J connectivity index is 2.27. The van der Waals surface area contributed by atoms with E-state index in [4.69, 9.17) is 10.5 Å². The van der Waals surface area contributed by atoms with Crippen LogP contribution in [0.1, 0.15) is 26.2 Å². The minimum Gasteiger partial charge on any atom is -0.377 e. The smallest absolute Gasteiger partial charge is 0.222 e. The van der Waals surface area contributed by atoms with Crippen LogP contribution in [0.5, 0.6) is 0 Å². The third kappa shape index (κ3) is 3.27. The maximum absolute atomic E-state index is 11.7. The number of morpholine rings is 1. The summed E-state index contributed by atoms with van der Waals surface area (Å²) < 4.78 is 5.27. The Morgan fingerprint density at radius 1 is 1.57 bits per heavy atom. The Labute approximate surface area is 85.4 Å². The number of ether oxygens (including phenoxy) is 1. The summed E-state index contributed by atoms with van der Waals surface area (Å²) in [7, 11) is 0. The maximum Gasteiger partial charge on any atom is 0.222 e. The number of nitrogens with two attached hydrogens (primary N) is 1. The van der Waals surface area contributed by atoms with E-state index in [1.165, 1.54) is 0 Å². The van der Waals surface area contributed by atoms with E-state index >= 15 is 0 Å². The molecule has 0 aromatic rings. The number of carbonyl (C=O) groups excluding carboxylic acids is 1. The second-order valence-electron chi connectivity index (χ2n) is 3.76. The number of hydrogen-bond acceptors (Lipinski definition) is 3. The summed E-state index contributed by atoms with van der Waals surface area (Å²) in [5.41, 5.74) is 5.38. The van der Waals surface area contributed by atoms with Gasteiger partial charge in [0.25, 0.3) is 0 Å². The van der Waals surface area contributed by atoms with Crippen molar-refractivity contribution in [2.75, 3.05) is 26.3 Å². The van der Waals surface area contributed by atoms with Gasteiger partial charge in [-0.15, -0.1) is 0 Å². The number of carbonyl (C=O) groups is 1. The summed E-state index contributed by atoms with van der Waals surface area (Å²) in [6, 6.07) is 0.231. The van der Waals surface area contributed by atoms with E-state index in [1.54, 1.807) is 0 Å². The third-order valence-electron chi connectivity index (χ3n) is 2.53.